The molecule has 0 heterocycles. The smallest absolute Gasteiger partial charge is 1.00 e. The minimum Gasteiger partial charge on any atom is -1.00 e. The second-order valence-corrected chi connectivity index (χ2v) is 18.3. The molecule has 0 spiro atoms. The normalized spacial score (nSPS) is 14.0. The average Bonchev–Trinajstić information content (AvgIpc) is 3.50. The van der Waals surface area contributed by atoms with Crippen LogP contribution in [0.5, 0.6) is 0 Å². The molecule has 178 valence electrons. The first-order valence-corrected chi connectivity index (χ1v) is 17.9. The largest absolute Gasteiger partial charge is 1.00 e. The van der Waals surface area contributed by atoms with E-state index in [0.29, 0.717) is 0 Å². The van der Waals surface area contributed by atoms with Gasteiger partial charge in [0.15, 0.2) is 0 Å². The molecule has 0 N–H and O–H groups in total. The van der Waals surface area contributed by atoms with Gasteiger partial charge in [-0.1, -0.05) is 0 Å². The van der Waals surface area contributed by atoms with E-state index in [0.717, 1.165) is 0 Å². The van der Waals surface area contributed by atoms with Gasteiger partial charge in [0.2, 0.25) is 0 Å². The standard InChI is InChI=1S/C12H10Si.2C9H13.2ClH.Ti/c1-3-7-11(8-4-1)13-12-9-5-2-6-10-12;2*1-2-3-6-9-7-4-5-8-9;;;/h1-10H;2*4,7H,2-3,5-6H2,1H3;2*1H;/q;;;;;+2/p-2. The van der Waals surface area contributed by atoms with Gasteiger partial charge in [0.05, 0.1) is 0 Å². The summed E-state index contributed by atoms with van der Waals surface area (Å²) < 4.78 is 3.76. The summed E-state index contributed by atoms with van der Waals surface area (Å²) in [6, 6.07) is 23.1. The van der Waals surface area contributed by atoms with Crippen LogP contribution in [0.1, 0.15) is 65.2 Å². The molecule has 0 saturated carbocycles. The van der Waals surface area contributed by atoms with Crippen LogP contribution in [-0.4, -0.2) is 6.19 Å². The predicted octanol–water partition coefficient (Wildman–Crippen LogP) is 1.23. The van der Waals surface area contributed by atoms with Crippen molar-refractivity contribution in [2.75, 3.05) is 0 Å². The van der Waals surface area contributed by atoms with Crippen molar-refractivity contribution >= 4 is 16.6 Å². The molecule has 0 unspecified atom stereocenters. The van der Waals surface area contributed by atoms with Gasteiger partial charge in [-0.25, -0.2) is 0 Å². The molecular weight excluding hydrogens is 507 g/mol. The van der Waals surface area contributed by atoms with Gasteiger partial charge in [-0.05, 0) is 0 Å². The molecule has 0 fully saturated rings. The number of rotatable bonds is 10. The number of allylic oxidation sites excluding steroid dienone is 8. The Morgan fingerprint density at radius 3 is 1.44 bits per heavy atom. The van der Waals surface area contributed by atoms with Crippen molar-refractivity contribution in [2.24, 2.45) is 0 Å². The molecule has 0 amide bonds. The SMILES string of the molecule is CCCCC1=[C]([Ti+2]([C]2=C(CCCC)C=CC2)=[Si](c2ccccc2)c2ccccc2)CC=C1.[Cl-].[Cl-]. The maximum absolute atomic E-state index is 2.49. The van der Waals surface area contributed by atoms with E-state index in [1.165, 1.54) is 51.4 Å². The van der Waals surface area contributed by atoms with Crippen molar-refractivity contribution in [1.82, 2.24) is 0 Å². The van der Waals surface area contributed by atoms with Crippen molar-refractivity contribution in [1.29, 1.82) is 0 Å². The minimum atomic E-state index is -1.75. The molecule has 0 bridgehead atoms. The van der Waals surface area contributed by atoms with Crippen LogP contribution in [0, 0.1) is 0 Å². The summed E-state index contributed by atoms with van der Waals surface area (Å²) >= 11 is -1.75. The molecule has 2 aromatic carbocycles. The Bertz CT molecular complexity index is 994. The van der Waals surface area contributed by atoms with Crippen molar-refractivity contribution in [3.05, 3.63) is 104 Å². The van der Waals surface area contributed by atoms with Gasteiger partial charge in [-0.15, -0.1) is 0 Å². The fourth-order valence-corrected chi connectivity index (χ4v) is 20.0. The molecule has 34 heavy (non-hydrogen) atoms. The number of halogens is 2. The van der Waals surface area contributed by atoms with Crippen LogP contribution >= 0.6 is 0 Å². The molecule has 0 atom stereocenters. The molecule has 0 saturated heterocycles. The fourth-order valence-electron chi connectivity index (χ4n) is 4.98. The van der Waals surface area contributed by atoms with Crippen molar-refractivity contribution in [3.63, 3.8) is 0 Å². The van der Waals surface area contributed by atoms with Gasteiger partial charge >= 0.3 is 202 Å². The molecule has 4 rings (SSSR count). The van der Waals surface area contributed by atoms with Crippen LogP contribution in [-0.2, 0) is 16.6 Å². The molecular formula is C30H36Cl2SiTi. The second kappa shape index (κ2) is 15.1. The van der Waals surface area contributed by atoms with E-state index in [1.807, 2.05) is 7.76 Å². The summed E-state index contributed by atoms with van der Waals surface area (Å²) in [6.07, 6.45) is 19.2. The molecule has 0 aromatic heterocycles. The summed E-state index contributed by atoms with van der Waals surface area (Å²) in [5.41, 5.74) is 3.40. The minimum absolute atomic E-state index is 0. The van der Waals surface area contributed by atoms with Gasteiger partial charge in [0, 0.05) is 0 Å². The molecule has 4 heteroatoms. The molecule has 2 aliphatic rings. The van der Waals surface area contributed by atoms with E-state index in [4.69, 9.17) is 0 Å². The van der Waals surface area contributed by atoms with Gasteiger partial charge in [0.1, 0.15) is 0 Å². The first-order chi connectivity index (χ1) is 15.8. The summed E-state index contributed by atoms with van der Waals surface area (Å²) in [7, 11) is 0. The molecule has 2 aliphatic carbocycles. The Labute approximate surface area is 225 Å². The zero-order chi connectivity index (χ0) is 22.2. The Kier molecular flexibility index (Phi) is 13.0. The van der Waals surface area contributed by atoms with E-state index in [9.17, 15) is 0 Å². The molecule has 0 nitrogen and oxygen atoms in total. The molecule has 2 aromatic rings. The average molecular weight is 543 g/mol. The third-order valence-electron chi connectivity index (χ3n) is 6.64. The Hall–Kier alpha value is -1.09. The van der Waals surface area contributed by atoms with Crippen LogP contribution in [0.3, 0.4) is 0 Å². The zero-order valence-electron chi connectivity index (χ0n) is 20.5. The summed E-state index contributed by atoms with van der Waals surface area (Å²) in [5, 5.41) is 3.23. The van der Waals surface area contributed by atoms with Crippen molar-refractivity contribution in [3.8, 4) is 0 Å². The third kappa shape index (κ3) is 6.99. The van der Waals surface area contributed by atoms with Crippen LogP contribution in [0.4, 0.5) is 0 Å². The summed E-state index contributed by atoms with van der Waals surface area (Å²) in [5.74, 6) is 0. The Morgan fingerprint density at radius 1 is 0.647 bits per heavy atom. The predicted molar refractivity (Wildman–Crippen MR) is 139 cm³/mol. The first kappa shape index (κ1) is 29.1. The maximum atomic E-state index is 2.49. The quantitative estimate of drug-likeness (QED) is 0.396. The number of unbranched alkanes of at least 4 members (excludes halogenated alkanes) is 2. The van der Waals surface area contributed by atoms with Crippen LogP contribution in [0.2, 0.25) is 0 Å². The van der Waals surface area contributed by atoms with Gasteiger partial charge in [-0.2, -0.15) is 0 Å². The van der Waals surface area contributed by atoms with E-state index in [-0.39, 0.29) is 24.8 Å². The van der Waals surface area contributed by atoms with Crippen LogP contribution in [0.15, 0.2) is 104 Å². The zero-order valence-corrected chi connectivity index (χ0v) is 24.6. The van der Waals surface area contributed by atoms with E-state index in [2.05, 4.69) is 98.8 Å². The Balaban J connectivity index is 0.00000204. The van der Waals surface area contributed by atoms with Gasteiger partial charge in [0.25, 0.3) is 0 Å². The number of hydrogen-bond acceptors (Lipinski definition) is 0. The third-order valence-corrected chi connectivity index (χ3v) is 20.0. The maximum Gasteiger partial charge on any atom is -1.00 e. The van der Waals surface area contributed by atoms with E-state index < -0.39 is 22.8 Å². The topological polar surface area (TPSA) is 0 Å². The number of benzene rings is 2. The monoisotopic (exact) mass is 542 g/mol. The van der Waals surface area contributed by atoms with E-state index >= 15 is 0 Å². The van der Waals surface area contributed by atoms with Gasteiger partial charge in [-0.3, -0.25) is 0 Å². The first-order valence-electron chi connectivity index (χ1n) is 12.5. The van der Waals surface area contributed by atoms with Crippen LogP contribution < -0.4 is 35.2 Å². The van der Waals surface area contributed by atoms with Crippen LogP contribution in [0.25, 0.3) is 0 Å². The second-order valence-electron chi connectivity index (χ2n) is 8.91. The van der Waals surface area contributed by atoms with Crippen molar-refractivity contribution in [2.45, 2.75) is 65.2 Å². The summed E-state index contributed by atoms with van der Waals surface area (Å²) in [4.78, 5) is 0. The molecule has 0 radical (unpaired) electrons. The molecule has 0 aliphatic heterocycles. The number of hydrogen-bond donors (Lipinski definition) is 0. The summed E-state index contributed by atoms with van der Waals surface area (Å²) in [6.45, 7) is 4.65. The Morgan fingerprint density at radius 2 is 1.06 bits per heavy atom. The van der Waals surface area contributed by atoms with Gasteiger partial charge < -0.3 is 24.8 Å². The van der Waals surface area contributed by atoms with E-state index in [1.54, 1.807) is 21.5 Å². The fraction of sp³-hybridized carbons (Fsp3) is 0.333. The van der Waals surface area contributed by atoms with Crippen molar-refractivity contribution < 1.29 is 41.4 Å².